The second-order valence-electron chi connectivity index (χ2n) is 8.09. The number of piperazine rings is 1. The second kappa shape index (κ2) is 7.76. The van der Waals surface area contributed by atoms with E-state index in [0.29, 0.717) is 19.6 Å². The molecule has 2 aliphatic rings. The Morgan fingerprint density at radius 1 is 1.16 bits per heavy atom. The fourth-order valence-corrected chi connectivity index (χ4v) is 4.84. The van der Waals surface area contributed by atoms with Crippen LogP contribution in [0.2, 0.25) is 0 Å². The Morgan fingerprint density at radius 2 is 1.91 bits per heavy atom. The first-order valence-electron chi connectivity index (χ1n) is 10.4. The maximum Gasteiger partial charge on any atom is 0.269 e. The summed E-state index contributed by atoms with van der Waals surface area (Å²) in [6.45, 7) is 0.696. The number of aromatic amines is 1. The van der Waals surface area contributed by atoms with Gasteiger partial charge in [0.1, 0.15) is 6.04 Å². The fraction of sp³-hybridized carbons (Fsp3) is 0.304. The summed E-state index contributed by atoms with van der Waals surface area (Å²) < 4.78 is 5.11. The molecule has 9 nitrogen and oxygen atoms in total. The zero-order valence-corrected chi connectivity index (χ0v) is 17.5. The monoisotopic (exact) mass is 434 g/mol. The Balaban J connectivity index is 1.65. The molecule has 0 bridgehead atoms. The maximum absolute atomic E-state index is 13.4. The Labute approximate surface area is 183 Å². The minimum absolute atomic E-state index is 0.0161. The molecule has 0 saturated carbocycles. The van der Waals surface area contributed by atoms with E-state index in [9.17, 15) is 19.7 Å². The lowest BCUT2D eigenvalue weighted by molar-refractivity contribution is -0.384. The minimum Gasteiger partial charge on any atom is -0.383 e. The molecule has 2 aliphatic heterocycles. The highest BCUT2D eigenvalue weighted by Gasteiger charge is 2.48. The number of methoxy groups -OCH3 is 1. The van der Waals surface area contributed by atoms with Crippen LogP contribution in [0.1, 0.15) is 22.9 Å². The van der Waals surface area contributed by atoms with E-state index in [0.717, 1.165) is 27.7 Å². The molecule has 2 amide bonds. The van der Waals surface area contributed by atoms with Gasteiger partial charge in [0.05, 0.1) is 24.1 Å². The molecular formula is C23H22N4O5. The molecule has 5 rings (SSSR count). The average molecular weight is 434 g/mol. The fourth-order valence-electron chi connectivity index (χ4n) is 4.84. The van der Waals surface area contributed by atoms with Crippen molar-refractivity contribution >= 4 is 28.4 Å². The number of amides is 2. The molecule has 32 heavy (non-hydrogen) atoms. The summed E-state index contributed by atoms with van der Waals surface area (Å²) >= 11 is 0. The molecule has 9 heteroatoms. The number of nitro benzene ring substituents is 1. The number of carbonyl (C=O) groups is 2. The predicted octanol–water partition coefficient (Wildman–Crippen LogP) is 2.41. The van der Waals surface area contributed by atoms with Crippen LogP contribution in [0.4, 0.5) is 5.69 Å². The van der Waals surface area contributed by atoms with E-state index in [-0.39, 0.29) is 24.0 Å². The van der Waals surface area contributed by atoms with E-state index in [4.69, 9.17) is 4.74 Å². The molecule has 3 aromatic rings. The number of para-hydroxylation sites is 1. The van der Waals surface area contributed by atoms with E-state index in [2.05, 4.69) is 4.98 Å². The summed E-state index contributed by atoms with van der Waals surface area (Å²) in [7, 11) is 1.56. The molecule has 164 valence electrons. The van der Waals surface area contributed by atoms with Gasteiger partial charge in [0.2, 0.25) is 11.8 Å². The lowest BCUT2D eigenvalue weighted by Gasteiger charge is -2.47. The summed E-state index contributed by atoms with van der Waals surface area (Å²) in [5.41, 5.74) is 3.48. The first-order chi connectivity index (χ1) is 15.5. The van der Waals surface area contributed by atoms with Crippen LogP contribution in [-0.2, 0) is 20.7 Å². The van der Waals surface area contributed by atoms with Gasteiger partial charge in [0.25, 0.3) is 5.69 Å². The number of nitrogens with zero attached hydrogens (tertiary/aromatic N) is 3. The number of hydrogen-bond acceptors (Lipinski definition) is 5. The molecule has 1 N–H and O–H groups in total. The van der Waals surface area contributed by atoms with Gasteiger partial charge < -0.3 is 19.5 Å². The molecule has 1 unspecified atom stereocenters. The zero-order chi connectivity index (χ0) is 22.4. The number of H-pyrrole nitrogens is 1. The Hall–Kier alpha value is -3.72. The minimum atomic E-state index is -0.639. The maximum atomic E-state index is 13.4. The van der Waals surface area contributed by atoms with E-state index >= 15 is 0 Å². The predicted molar refractivity (Wildman–Crippen MR) is 116 cm³/mol. The molecule has 1 saturated heterocycles. The van der Waals surface area contributed by atoms with Gasteiger partial charge in [0.15, 0.2) is 0 Å². The first kappa shape index (κ1) is 20.2. The molecule has 2 aromatic carbocycles. The van der Waals surface area contributed by atoms with Crippen LogP contribution in [0.15, 0.2) is 48.5 Å². The molecule has 1 aromatic heterocycles. The van der Waals surface area contributed by atoms with Crippen LogP contribution < -0.4 is 0 Å². The third-order valence-electron chi connectivity index (χ3n) is 6.33. The van der Waals surface area contributed by atoms with E-state index in [1.165, 1.54) is 12.1 Å². The highest BCUT2D eigenvalue weighted by atomic mass is 16.6. The van der Waals surface area contributed by atoms with Crippen LogP contribution in [0, 0.1) is 10.1 Å². The number of carbonyl (C=O) groups excluding carboxylic acids is 2. The van der Waals surface area contributed by atoms with Crippen molar-refractivity contribution in [3.63, 3.8) is 0 Å². The van der Waals surface area contributed by atoms with Gasteiger partial charge in [-0.05, 0) is 29.3 Å². The van der Waals surface area contributed by atoms with Crippen LogP contribution in [-0.4, -0.2) is 64.4 Å². The molecule has 2 atom stereocenters. The van der Waals surface area contributed by atoms with Crippen molar-refractivity contribution in [3.05, 3.63) is 75.5 Å². The molecular weight excluding hydrogens is 412 g/mol. The molecule has 0 aliphatic carbocycles. The van der Waals surface area contributed by atoms with Crippen LogP contribution >= 0.6 is 0 Å². The lowest BCUT2D eigenvalue weighted by atomic mass is 9.86. The topological polar surface area (TPSA) is 109 Å². The molecule has 0 radical (unpaired) electrons. The van der Waals surface area contributed by atoms with Crippen molar-refractivity contribution in [2.24, 2.45) is 0 Å². The summed E-state index contributed by atoms with van der Waals surface area (Å²) in [6, 6.07) is 12.9. The van der Waals surface area contributed by atoms with Crippen molar-refractivity contribution < 1.29 is 19.2 Å². The van der Waals surface area contributed by atoms with E-state index < -0.39 is 17.0 Å². The van der Waals surface area contributed by atoms with Crippen molar-refractivity contribution in [2.45, 2.75) is 18.5 Å². The third-order valence-corrected chi connectivity index (χ3v) is 6.33. The van der Waals surface area contributed by atoms with Gasteiger partial charge in [-0.25, -0.2) is 0 Å². The van der Waals surface area contributed by atoms with Crippen LogP contribution in [0.3, 0.4) is 0 Å². The van der Waals surface area contributed by atoms with Gasteiger partial charge in [-0.3, -0.25) is 19.7 Å². The van der Waals surface area contributed by atoms with Gasteiger partial charge in [-0.1, -0.05) is 18.2 Å². The normalized spacial score (nSPS) is 20.4. The molecule has 0 spiro atoms. The summed E-state index contributed by atoms with van der Waals surface area (Å²) in [5.74, 6) is -0.261. The Bertz CT molecular complexity index is 1220. The van der Waals surface area contributed by atoms with E-state index in [1.54, 1.807) is 29.0 Å². The van der Waals surface area contributed by atoms with Crippen molar-refractivity contribution in [2.75, 3.05) is 26.8 Å². The SMILES string of the molecule is COCCN1CC(=O)N2C(c3ccc([N+](=O)[O-])cc3)c3[nH]c4ccccc4c3C[C@H]2C1=O. The number of nitro groups is 1. The summed E-state index contributed by atoms with van der Waals surface area (Å²) in [6.07, 6.45) is 0.414. The van der Waals surface area contributed by atoms with Crippen molar-refractivity contribution in [3.8, 4) is 0 Å². The summed E-state index contributed by atoms with van der Waals surface area (Å²) in [4.78, 5) is 44.0. The Morgan fingerprint density at radius 3 is 2.62 bits per heavy atom. The largest absolute Gasteiger partial charge is 0.383 e. The number of hydrogen-bond donors (Lipinski definition) is 1. The summed E-state index contributed by atoms with van der Waals surface area (Å²) in [5, 5.41) is 12.1. The average Bonchev–Trinajstić information content (AvgIpc) is 3.17. The zero-order valence-electron chi connectivity index (χ0n) is 17.5. The lowest BCUT2D eigenvalue weighted by Crippen LogP contribution is -2.63. The van der Waals surface area contributed by atoms with Gasteiger partial charge >= 0.3 is 0 Å². The van der Waals surface area contributed by atoms with E-state index in [1.807, 2.05) is 24.3 Å². The number of nitrogens with one attached hydrogen (secondary N) is 1. The number of fused-ring (bicyclic) bond motifs is 4. The quantitative estimate of drug-likeness (QED) is 0.490. The Kier molecular flexibility index (Phi) is 4.90. The molecule has 3 heterocycles. The highest BCUT2D eigenvalue weighted by Crippen LogP contribution is 2.42. The van der Waals surface area contributed by atoms with Gasteiger partial charge in [-0.15, -0.1) is 0 Å². The highest BCUT2D eigenvalue weighted by molar-refractivity contribution is 5.97. The number of non-ortho nitro benzene ring substituents is 1. The van der Waals surface area contributed by atoms with Crippen LogP contribution in [0.25, 0.3) is 10.9 Å². The van der Waals surface area contributed by atoms with Crippen molar-refractivity contribution in [1.82, 2.24) is 14.8 Å². The number of ether oxygens (including phenoxy) is 1. The van der Waals surface area contributed by atoms with Gasteiger partial charge in [0, 0.05) is 48.8 Å². The second-order valence-corrected chi connectivity index (χ2v) is 8.09. The number of benzene rings is 2. The van der Waals surface area contributed by atoms with Crippen molar-refractivity contribution in [1.29, 1.82) is 0 Å². The standard InChI is InChI=1S/C23H22N4O5/c1-32-11-10-25-13-20(28)26-19(23(25)29)12-17-16-4-2-3-5-18(16)24-21(17)22(26)14-6-8-15(9-7-14)27(30)31/h2-9,19,22,24H,10-13H2,1H3/t19-,22?/m0/s1. The first-order valence-corrected chi connectivity index (χ1v) is 10.4. The molecule has 1 fully saturated rings. The van der Waals surface area contributed by atoms with Gasteiger partial charge in [-0.2, -0.15) is 0 Å². The van der Waals surface area contributed by atoms with Crippen LogP contribution in [0.5, 0.6) is 0 Å². The number of rotatable bonds is 5. The third kappa shape index (κ3) is 3.13. The number of aromatic nitrogens is 1. The smallest absolute Gasteiger partial charge is 0.269 e.